The first-order chi connectivity index (χ1) is 12.6. The van der Waals surface area contributed by atoms with Gasteiger partial charge in [0, 0.05) is 23.0 Å². The van der Waals surface area contributed by atoms with Crippen molar-refractivity contribution < 1.29 is 4.79 Å². The van der Waals surface area contributed by atoms with E-state index in [4.69, 9.17) is 0 Å². The van der Waals surface area contributed by atoms with Gasteiger partial charge in [0.1, 0.15) is 6.33 Å². The molecular formula is C19H21N5OS. The Morgan fingerprint density at radius 2 is 2.12 bits per heavy atom. The van der Waals surface area contributed by atoms with Crippen LogP contribution in [0.3, 0.4) is 0 Å². The molecule has 6 nitrogen and oxygen atoms in total. The second-order valence-electron chi connectivity index (χ2n) is 6.85. The molecule has 1 fully saturated rings. The number of hydrogen-bond donors (Lipinski definition) is 0. The number of carbonyl (C=O) groups is 1. The first-order valence-corrected chi connectivity index (χ1v) is 9.75. The lowest BCUT2D eigenvalue weighted by atomic mass is 10.0. The van der Waals surface area contributed by atoms with Gasteiger partial charge in [-0.05, 0) is 84.3 Å². The summed E-state index contributed by atoms with van der Waals surface area (Å²) in [6.45, 7) is 5.03. The summed E-state index contributed by atoms with van der Waals surface area (Å²) in [5, 5.41) is 13.5. The number of piperidine rings is 1. The van der Waals surface area contributed by atoms with E-state index in [2.05, 4.69) is 40.8 Å². The number of carbonyl (C=O) groups excluding carboxylic acids is 1. The molecule has 4 rings (SSSR count). The van der Waals surface area contributed by atoms with Crippen LogP contribution < -0.4 is 0 Å². The molecule has 1 aromatic carbocycles. The van der Waals surface area contributed by atoms with Gasteiger partial charge < -0.3 is 4.90 Å². The molecule has 0 bridgehead atoms. The van der Waals surface area contributed by atoms with Crippen molar-refractivity contribution in [3.63, 3.8) is 0 Å². The van der Waals surface area contributed by atoms with Crippen molar-refractivity contribution in [1.29, 1.82) is 0 Å². The molecule has 26 heavy (non-hydrogen) atoms. The van der Waals surface area contributed by atoms with Gasteiger partial charge in [0.05, 0.1) is 5.69 Å². The van der Waals surface area contributed by atoms with Crippen molar-refractivity contribution in [3.8, 4) is 16.1 Å². The second kappa shape index (κ2) is 6.99. The van der Waals surface area contributed by atoms with Crippen LogP contribution in [0.5, 0.6) is 0 Å². The zero-order chi connectivity index (χ0) is 18.1. The average Bonchev–Trinajstić information content (AvgIpc) is 3.33. The SMILES string of the molecule is Cc1csc(-c2cc(C(=O)N3CCCCC3C)cc(-n3cnnn3)c2)c1. The fourth-order valence-corrected chi connectivity index (χ4v) is 4.33. The molecule has 3 heterocycles. The fraction of sp³-hybridized carbons (Fsp3) is 0.368. The zero-order valence-electron chi connectivity index (χ0n) is 14.9. The lowest BCUT2D eigenvalue weighted by Gasteiger charge is -2.33. The molecule has 2 aromatic heterocycles. The van der Waals surface area contributed by atoms with Gasteiger partial charge in [-0.1, -0.05) is 0 Å². The molecule has 0 saturated carbocycles. The van der Waals surface area contributed by atoms with Gasteiger partial charge in [-0.15, -0.1) is 16.4 Å². The van der Waals surface area contributed by atoms with Crippen LogP contribution >= 0.6 is 11.3 Å². The lowest BCUT2D eigenvalue weighted by Crippen LogP contribution is -2.42. The molecule has 1 aliphatic rings. The van der Waals surface area contributed by atoms with E-state index in [1.54, 1.807) is 22.3 Å². The number of aryl methyl sites for hydroxylation is 1. The largest absolute Gasteiger partial charge is 0.336 e. The number of hydrogen-bond acceptors (Lipinski definition) is 5. The topological polar surface area (TPSA) is 63.9 Å². The van der Waals surface area contributed by atoms with Gasteiger partial charge in [-0.2, -0.15) is 0 Å². The minimum Gasteiger partial charge on any atom is -0.336 e. The Morgan fingerprint density at radius 1 is 1.23 bits per heavy atom. The molecular weight excluding hydrogens is 346 g/mol. The van der Waals surface area contributed by atoms with Gasteiger partial charge >= 0.3 is 0 Å². The average molecular weight is 367 g/mol. The van der Waals surface area contributed by atoms with Crippen molar-refractivity contribution in [2.24, 2.45) is 0 Å². The minimum absolute atomic E-state index is 0.0849. The lowest BCUT2D eigenvalue weighted by molar-refractivity contribution is 0.0635. The molecule has 1 atom stereocenters. The van der Waals surface area contributed by atoms with E-state index in [0.29, 0.717) is 5.56 Å². The molecule has 1 amide bonds. The standard InChI is InChI=1S/C19H21N5OS/c1-13-7-18(26-11-13)15-8-16(10-17(9-15)24-12-20-21-22-24)19(25)23-6-4-3-5-14(23)2/h7-12,14H,3-6H2,1-2H3. The third-order valence-corrected chi connectivity index (χ3v) is 5.95. The van der Waals surface area contributed by atoms with Crippen molar-refractivity contribution in [2.75, 3.05) is 6.54 Å². The fourth-order valence-electron chi connectivity index (χ4n) is 3.44. The van der Waals surface area contributed by atoms with E-state index in [-0.39, 0.29) is 11.9 Å². The maximum atomic E-state index is 13.2. The van der Waals surface area contributed by atoms with Crippen LogP contribution in [-0.2, 0) is 0 Å². The Balaban J connectivity index is 1.78. The van der Waals surface area contributed by atoms with Crippen LogP contribution in [0.4, 0.5) is 0 Å². The van der Waals surface area contributed by atoms with Crippen LogP contribution in [0.25, 0.3) is 16.1 Å². The Labute approximate surface area is 156 Å². The molecule has 1 saturated heterocycles. The Hall–Kier alpha value is -2.54. The third-order valence-electron chi connectivity index (χ3n) is 4.86. The molecule has 0 aliphatic carbocycles. The predicted molar refractivity (Wildman–Crippen MR) is 102 cm³/mol. The predicted octanol–water partition coefficient (Wildman–Crippen LogP) is 3.71. The number of rotatable bonds is 3. The smallest absolute Gasteiger partial charge is 0.254 e. The van der Waals surface area contributed by atoms with Crippen molar-refractivity contribution in [1.82, 2.24) is 25.1 Å². The van der Waals surface area contributed by atoms with E-state index in [1.165, 1.54) is 12.0 Å². The summed E-state index contributed by atoms with van der Waals surface area (Å²) in [4.78, 5) is 16.3. The highest BCUT2D eigenvalue weighted by Crippen LogP contribution is 2.30. The molecule has 134 valence electrons. The van der Waals surface area contributed by atoms with Crippen molar-refractivity contribution in [2.45, 2.75) is 39.2 Å². The quantitative estimate of drug-likeness (QED) is 0.708. The Morgan fingerprint density at radius 3 is 2.81 bits per heavy atom. The van der Waals surface area contributed by atoms with E-state index >= 15 is 0 Å². The Kier molecular flexibility index (Phi) is 4.55. The maximum Gasteiger partial charge on any atom is 0.254 e. The highest BCUT2D eigenvalue weighted by molar-refractivity contribution is 7.13. The van der Waals surface area contributed by atoms with Gasteiger partial charge in [-0.25, -0.2) is 4.68 Å². The monoisotopic (exact) mass is 367 g/mol. The molecule has 0 spiro atoms. The summed E-state index contributed by atoms with van der Waals surface area (Å²) in [6, 6.07) is 8.31. The molecule has 3 aromatic rings. The summed E-state index contributed by atoms with van der Waals surface area (Å²) < 4.78 is 1.60. The summed E-state index contributed by atoms with van der Waals surface area (Å²) in [5.74, 6) is 0.0849. The number of tetrazole rings is 1. The summed E-state index contributed by atoms with van der Waals surface area (Å²) in [7, 11) is 0. The normalized spacial score (nSPS) is 17.5. The van der Waals surface area contributed by atoms with Crippen LogP contribution in [0.15, 0.2) is 36.0 Å². The van der Waals surface area contributed by atoms with Crippen LogP contribution in [0.1, 0.15) is 42.1 Å². The summed E-state index contributed by atoms with van der Waals surface area (Å²) in [6.07, 6.45) is 4.88. The zero-order valence-corrected chi connectivity index (χ0v) is 15.7. The Bertz CT molecular complexity index is 918. The third kappa shape index (κ3) is 3.26. The second-order valence-corrected chi connectivity index (χ2v) is 7.77. The summed E-state index contributed by atoms with van der Waals surface area (Å²) in [5.41, 5.74) is 3.72. The number of thiophene rings is 1. The van der Waals surface area contributed by atoms with Crippen molar-refractivity contribution in [3.05, 3.63) is 47.1 Å². The summed E-state index contributed by atoms with van der Waals surface area (Å²) >= 11 is 1.68. The van der Waals surface area contributed by atoms with E-state index in [1.807, 2.05) is 23.1 Å². The van der Waals surface area contributed by atoms with Gasteiger partial charge in [0.15, 0.2) is 0 Å². The van der Waals surface area contributed by atoms with Crippen LogP contribution in [-0.4, -0.2) is 43.6 Å². The van der Waals surface area contributed by atoms with Gasteiger partial charge in [-0.3, -0.25) is 4.79 Å². The molecule has 1 aliphatic heterocycles. The first kappa shape index (κ1) is 16.9. The van der Waals surface area contributed by atoms with E-state index in [9.17, 15) is 4.79 Å². The van der Waals surface area contributed by atoms with E-state index in [0.717, 1.165) is 35.5 Å². The van der Waals surface area contributed by atoms with Crippen LogP contribution in [0.2, 0.25) is 0 Å². The molecule has 0 N–H and O–H groups in total. The number of nitrogens with zero attached hydrogens (tertiary/aromatic N) is 5. The molecule has 7 heteroatoms. The van der Waals surface area contributed by atoms with Crippen molar-refractivity contribution >= 4 is 17.2 Å². The highest BCUT2D eigenvalue weighted by Gasteiger charge is 2.25. The van der Waals surface area contributed by atoms with Gasteiger partial charge in [0.2, 0.25) is 0 Å². The number of aromatic nitrogens is 4. The maximum absolute atomic E-state index is 13.2. The molecule has 1 unspecified atom stereocenters. The minimum atomic E-state index is 0.0849. The van der Waals surface area contributed by atoms with E-state index < -0.39 is 0 Å². The molecule has 0 radical (unpaired) electrons. The highest BCUT2D eigenvalue weighted by atomic mass is 32.1. The van der Waals surface area contributed by atoms with Gasteiger partial charge in [0.25, 0.3) is 5.91 Å². The number of benzene rings is 1. The first-order valence-electron chi connectivity index (χ1n) is 8.87. The number of likely N-dealkylation sites (tertiary alicyclic amines) is 1. The van der Waals surface area contributed by atoms with Crippen LogP contribution in [0, 0.1) is 6.92 Å². The number of amides is 1.